The minimum atomic E-state index is -0.00446. The highest BCUT2D eigenvalue weighted by Crippen LogP contribution is 2.77. The molecule has 0 spiro atoms. The van der Waals surface area contributed by atoms with Crippen molar-refractivity contribution >= 4 is 11.9 Å². The molecule has 5 aliphatic carbocycles. The van der Waals surface area contributed by atoms with Crippen molar-refractivity contribution in [2.45, 2.75) is 158 Å². The summed E-state index contributed by atoms with van der Waals surface area (Å²) in [6.07, 6.45) is 15.3. The van der Waals surface area contributed by atoms with Crippen LogP contribution in [0.15, 0.2) is 0 Å². The standard InChI is InChI=1S/C38H64O4/c1-10-12-31(39)41-24-38-21-16-26(25(3)4)33(38)27-14-15-29-35(7)19-18-30(42-32(40)13-11-2)34(5,6)28(35)17-20-37(29,9)36(27,8)22-23-38/h25-30,33H,10-24H2,1-9H3/t26-,27+,28-,29+,30-,33+,35-,36+,37+,38+/m0/s1. The lowest BCUT2D eigenvalue weighted by atomic mass is 9.32. The maximum atomic E-state index is 12.6. The molecule has 4 heteroatoms. The van der Waals surface area contributed by atoms with Crippen LogP contribution in [0.3, 0.4) is 0 Å². The van der Waals surface area contributed by atoms with Gasteiger partial charge in [-0.3, -0.25) is 9.59 Å². The predicted molar refractivity (Wildman–Crippen MR) is 170 cm³/mol. The zero-order valence-corrected chi connectivity index (χ0v) is 28.8. The molecule has 5 rings (SSSR count). The molecule has 5 aliphatic rings. The number of ether oxygens (including phenoxy) is 2. The Kier molecular flexibility index (Phi) is 8.76. The smallest absolute Gasteiger partial charge is 0.306 e. The van der Waals surface area contributed by atoms with Gasteiger partial charge in [-0.1, -0.05) is 62.3 Å². The summed E-state index contributed by atoms with van der Waals surface area (Å²) in [6.45, 7) is 22.6. The van der Waals surface area contributed by atoms with Crippen LogP contribution in [0.2, 0.25) is 0 Å². The quantitative estimate of drug-likeness (QED) is 0.266. The summed E-state index contributed by atoms with van der Waals surface area (Å²) in [5, 5.41) is 0. The molecule has 0 unspecified atom stereocenters. The fraction of sp³-hybridized carbons (Fsp3) is 0.947. The van der Waals surface area contributed by atoms with E-state index in [9.17, 15) is 9.59 Å². The lowest BCUT2D eigenvalue weighted by Crippen LogP contribution is -2.67. The van der Waals surface area contributed by atoms with Gasteiger partial charge in [-0.05, 0) is 129 Å². The molecule has 5 saturated carbocycles. The number of hydrogen-bond acceptors (Lipinski definition) is 4. The molecule has 0 bridgehead atoms. The molecule has 240 valence electrons. The van der Waals surface area contributed by atoms with Crippen molar-refractivity contribution < 1.29 is 19.1 Å². The lowest BCUT2D eigenvalue weighted by molar-refractivity contribution is -0.253. The summed E-state index contributed by atoms with van der Waals surface area (Å²) >= 11 is 0. The molecule has 0 radical (unpaired) electrons. The Hall–Kier alpha value is -1.06. The third-order valence-electron chi connectivity index (χ3n) is 15.2. The summed E-state index contributed by atoms with van der Waals surface area (Å²) in [7, 11) is 0. The number of carbonyl (C=O) groups is 2. The number of fused-ring (bicyclic) bond motifs is 7. The number of esters is 2. The Bertz CT molecular complexity index is 1020. The summed E-state index contributed by atoms with van der Waals surface area (Å²) in [5.74, 6) is 4.10. The van der Waals surface area contributed by atoms with Crippen molar-refractivity contribution in [3.05, 3.63) is 0 Å². The van der Waals surface area contributed by atoms with E-state index in [4.69, 9.17) is 9.47 Å². The van der Waals surface area contributed by atoms with Crippen molar-refractivity contribution in [1.29, 1.82) is 0 Å². The van der Waals surface area contributed by atoms with E-state index in [0.717, 1.165) is 25.2 Å². The maximum absolute atomic E-state index is 12.6. The van der Waals surface area contributed by atoms with Crippen LogP contribution in [-0.4, -0.2) is 24.6 Å². The Labute approximate surface area is 258 Å². The van der Waals surface area contributed by atoms with Gasteiger partial charge in [0.25, 0.3) is 0 Å². The van der Waals surface area contributed by atoms with Gasteiger partial charge in [0.15, 0.2) is 0 Å². The molecule has 5 fully saturated rings. The van der Waals surface area contributed by atoms with Gasteiger partial charge in [0.2, 0.25) is 0 Å². The first kappa shape index (κ1) is 32.3. The van der Waals surface area contributed by atoms with Gasteiger partial charge in [0.05, 0.1) is 6.61 Å². The van der Waals surface area contributed by atoms with E-state index in [1.807, 2.05) is 0 Å². The van der Waals surface area contributed by atoms with Crippen LogP contribution in [0.1, 0.15) is 152 Å². The summed E-state index contributed by atoms with van der Waals surface area (Å²) in [4.78, 5) is 25.1. The highest BCUT2D eigenvalue weighted by molar-refractivity contribution is 5.69. The zero-order valence-electron chi connectivity index (χ0n) is 28.8. The lowest BCUT2D eigenvalue weighted by Gasteiger charge is -2.73. The second kappa shape index (κ2) is 11.4. The SMILES string of the molecule is CCCC(=O)OC[C@]12CC[C@@H](C(C)C)[C@@H]1[C@H]1CC[C@@H]3[C@@]4(C)CC[C@H](OC(=O)CCC)C(C)(C)[C@@H]4CC[C@@]3(C)[C@]1(C)CC2. The predicted octanol–water partition coefficient (Wildman–Crippen LogP) is 9.78. The minimum absolute atomic E-state index is 0.00446. The van der Waals surface area contributed by atoms with E-state index in [1.54, 1.807) is 0 Å². The van der Waals surface area contributed by atoms with Gasteiger partial charge < -0.3 is 9.47 Å². The van der Waals surface area contributed by atoms with Gasteiger partial charge in [0.1, 0.15) is 6.10 Å². The molecule has 0 aromatic heterocycles. The highest BCUT2D eigenvalue weighted by Gasteiger charge is 2.71. The minimum Gasteiger partial charge on any atom is -0.465 e. The molecule has 10 atom stereocenters. The first-order valence-corrected chi connectivity index (χ1v) is 18.1. The normalized spacial score (nSPS) is 45.8. The van der Waals surface area contributed by atoms with Crippen LogP contribution < -0.4 is 0 Å². The van der Waals surface area contributed by atoms with Crippen LogP contribution in [-0.2, 0) is 19.1 Å². The van der Waals surface area contributed by atoms with Crippen molar-refractivity contribution in [3.63, 3.8) is 0 Å². The molecule has 0 aromatic rings. The van der Waals surface area contributed by atoms with E-state index < -0.39 is 0 Å². The zero-order chi connectivity index (χ0) is 30.7. The average Bonchev–Trinajstić information content (AvgIpc) is 3.30. The van der Waals surface area contributed by atoms with Gasteiger partial charge in [-0.15, -0.1) is 0 Å². The molecule has 0 aromatic carbocycles. The Morgan fingerprint density at radius 1 is 0.738 bits per heavy atom. The summed E-state index contributed by atoms with van der Waals surface area (Å²) in [6, 6.07) is 0. The third kappa shape index (κ3) is 4.81. The van der Waals surface area contributed by atoms with E-state index in [2.05, 4.69) is 62.3 Å². The van der Waals surface area contributed by atoms with Crippen LogP contribution in [0.25, 0.3) is 0 Å². The fourth-order valence-corrected chi connectivity index (χ4v) is 12.9. The number of carbonyl (C=O) groups excluding carboxylic acids is 2. The third-order valence-corrected chi connectivity index (χ3v) is 15.2. The van der Waals surface area contributed by atoms with E-state index in [1.165, 1.54) is 57.8 Å². The van der Waals surface area contributed by atoms with Gasteiger partial charge >= 0.3 is 11.9 Å². The van der Waals surface area contributed by atoms with E-state index in [0.29, 0.717) is 59.9 Å². The Morgan fingerprint density at radius 3 is 2.10 bits per heavy atom. The molecule has 0 saturated heterocycles. The first-order chi connectivity index (χ1) is 19.7. The fourth-order valence-electron chi connectivity index (χ4n) is 12.9. The van der Waals surface area contributed by atoms with Crippen LogP contribution in [0, 0.1) is 62.6 Å². The Morgan fingerprint density at radius 2 is 1.43 bits per heavy atom. The van der Waals surface area contributed by atoms with Gasteiger partial charge in [-0.25, -0.2) is 0 Å². The van der Waals surface area contributed by atoms with Crippen molar-refractivity contribution in [3.8, 4) is 0 Å². The molecule has 0 amide bonds. The molecule has 42 heavy (non-hydrogen) atoms. The van der Waals surface area contributed by atoms with E-state index in [-0.39, 0.29) is 34.3 Å². The molecule has 0 N–H and O–H groups in total. The van der Waals surface area contributed by atoms with Gasteiger partial charge in [0, 0.05) is 23.7 Å². The van der Waals surface area contributed by atoms with E-state index >= 15 is 0 Å². The first-order valence-electron chi connectivity index (χ1n) is 18.1. The topological polar surface area (TPSA) is 52.6 Å². The maximum Gasteiger partial charge on any atom is 0.306 e. The highest BCUT2D eigenvalue weighted by atomic mass is 16.5. The second-order valence-corrected chi connectivity index (χ2v) is 17.5. The van der Waals surface area contributed by atoms with Crippen LogP contribution in [0.4, 0.5) is 0 Å². The number of rotatable bonds is 8. The average molecular weight is 585 g/mol. The summed E-state index contributed by atoms with van der Waals surface area (Å²) < 4.78 is 12.3. The van der Waals surface area contributed by atoms with Gasteiger partial charge in [-0.2, -0.15) is 0 Å². The largest absolute Gasteiger partial charge is 0.465 e. The molecular weight excluding hydrogens is 520 g/mol. The van der Waals surface area contributed by atoms with Crippen LogP contribution >= 0.6 is 0 Å². The molecule has 4 nitrogen and oxygen atoms in total. The van der Waals surface area contributed by atoms with Crippen molar-refractivity contribution in [2.24, 2.45) is 62.6 Å². The monoisotopic (exact) mass is 584 g/mol. The molecular formula is C38H64O4. The van der Waals surface area contributed by atoms with Crippen LogP contribution in [0.5, 0.6) is 0 Å². The van der Waals surface area contributed by atoms with Crippen molar-refractivity contribution in [1.82, 2.24) is 0 Å². The molecule has 0 heterocycles. The Balaban J connectivity index is 1.43. The summed E-state index contributed by atoms with van der Waals surface area (Å²) in [5.41, 5.74) is 1.11. The van der Waals surface area contributed by atoms with Crippen molar-refractivity contribution in [2.75, 3.05) is 6.61 Å². The molecule has 0 aliphatic heterocycles. The number of hydrogen-bond donors (Lipinski definition) is 0. The second-order valence-electron chi connectivity index (χ2n) is 17.5.